The summed E-state index contributed by atoms with van der Waals surface area (Å²) in [6, 6.07) is 7.69. The largest absolute Gasteiger partial charge is 0.494 e. The summed E-state index contributed by atoms with van der Waals surface area (Å²) in [5.41, 5.74) is 1.46. The number of rotatable bonds is 5. The summed E-state index contributed by atoms with van der Waals surface area (Å²) in [6.45, 7) is 4.68. The molecule has 3 heterocycles. The number of aryl methyl sites for hydroxylation is 1. The molecule has 4 rings (SSSR count). The predicted octanol–water partition coefficient (Wildman–Crippen LogP) is 3.57. The van der Waals surface area contributed by atoms with E-state index in [1.807, 2.05) is 59.3 Å². The number of hydrogen-bond acceptors (Lipinski definition) is 6. The lowest BCUT2D eigenvalue weighted by atomic mass is 10.1. The number of piperazine rings is 1. The maximum atomic E-state index is 13.2. The summed E-state index contributed by atoms with van der Waals surface area (Å²) in [4.78, 5) is 24.1. The second kappa shape index (κ2) is 10.8. The monoisotopic (exact) mass is 469 g/mol. The summed E-state index contributed by atoms with van der Waals surface area (Å²) in [7, 11) is 1.95. The van der Waals surface area contributed by atoms with Gasteiger partial charge >= 0.3 is 0 Å². The van der Waals surface area contributed by atoms with Crippen LogP contribution in [0.1, 0.15) is 29.3 Å². The quantitative estimate of drug-likeness (QED) is 0.618. The summed E-state index contributed by atoms with van der Waals surface area (Å²) < 4.78 is 7.45. The molecule has 7 nitrogen and oxygen atoms in total. The third-order valence-corrected chi connectivity index (χ3v) is 5.69. The zero-order valence-corrected chi connectivity index (χ0v) is 19.2. The second-order valence-electron chi connectivity index (χ2n) is 6.61. The van der Waals surface area contributed by atoms with Gasteiger partial charge in [0.15, 0.2) is 0 Å². The van der Waals surface area contributed by atoms with Crippen molar-refractivity contribution >= 4 is 42.1 Å². The van der Waals surface area contributed by atoms with E-state index in [1.165, 1.54) is 11.3 Å². The molecule has 162 valence electrons. The highest BCUT2D eigenvalue weighted by Crippen LogP contribution is 2.28. The number of benzene rings is 1. The molecule has 0 bridgehead atoms. The Morgan fingerprint density at radius 1 is 1.30 bits per heavy atom. The summed E-state index contributed by atoms with van der Waals surface area (Å²) in [5.74, 6) is 1.66. The maximum Gasteiger partial charge on any atom is 0.274 e. The molecule has 30 heavy (non-hydrogen) atoms. The highest BCUT2D eigenvalue weighted by atomic mass is 35.5. The second-order valence-corrected chi connectivity index (χ2v) is 7.47. The minimum absolute atomic E-state index is 0. The zero-order valence-electron chi connectivity index (χ0n) is 16.8. The normalized spacial score (nSPS) is 15.8. The van der Waals surface area contributed by atoms with Crippen LogP contribution in [0.4, 0.5) is 0 Å². The molecular formula is C20H25Cl2N5O2S. The minimum Gasteiger partial charge on any atom is -0.494 e. The van der Waals surface area contributed by atoms with E-state index in [2.05, 4.69) is 15.3 Å². The maximum absolute atomic E-state index is 13.2. The van der Waals surface area contributed by atoms with Gasteiger partial charge in [-0.05, 0) is 31.2 Å². The van der Waals surface area contributed by atoms with E-state index in [0.717, 1.165) is 28.7 Å². The van der Waals surface area contributed by atoms with Gasteiger partial charge in [0, 0.05) is 50.0 Å². The van der Waals surface area contributed by atoms with E-state index in [4.69, 9.17) is 4.74 Å². The number of amides is 1. The summed E-state index contributed by atoms with van der Waals surface area (Å²) in [6.07, 6.45) is 3.67. The molecule has 1 atom stereocenters. The van der Waals surface area contributed by atoms with Gasteiger partial charge in [-0.1, -0.05) is 0 Å². The molecular weight excluding hydrogens is 445 g/mol. The zero-order chi connectivity index (χ0) is 19.5. The first-order valence-electron chi connectivity index (χ1n) is 9.35. The standard InChI is InChI=1S/C20H23N5O2S.2ClH/c1-3-27-15-6-4-14(5-7-15)19-23-16(13-28-19)20(26)25-11-8-21-12-17(25)18-22-9-10-24(18)2;;/h4-7,9-10,13,17,21H,3,8,11-12H2,1-2H3;2*1H. The first kappa shape index (κ1) is 24.1. The molecule has 1 unspecified atom stereocenters. The van der Waals surface area contributed by atoms with Crippen molar-refractivity contribution in [2.24, 2.45) is 7.05 Å². The van der Waals surface area contributed by atoms with Gasteiger partial charge in [-0.15, -0.1) is 36.2 Å². The fourth-order valence-electron chi connectivity index (χ4n) is 3.39. The molecule has 0 aliphatic carbocycles. The van der Waals surface area contributed by atoms with Crippen LogP contribution in [0.2, 0.25) is 0 Å². The lowest BCUT2D eigenvalue weighted by molar-refractivity contribution is 0.0615. The van der Waals surface area contributed by atoms with Crippen LogP contribution in [0.3, 0.4) is 0 Å². The van der Waals surface area contributed by atoms with Crippen molar-refractivity contribution in [2.45, 2.75) is 13.0 Å². The Morgan fingerprint density at radius 2 is 2.07 bits per heavy atom. The smallest absolute Gasteiger partial charge is 0.274 e. The van der Waals surface area contributed by atoms with E-state index in [0.29, 0.717) is 25.4 Å². The predicted molar refractivity (Wildman–Crippen MR) is 123 cm³/mol. The van der Waals surface area contributed by atoms with E-state index in [9.17, 15) is 4.79 Å². The van der Waals surface area contributed by atoms with Crippen LogP contribution < -0.4 is 10.1 Å². The van der Waals surface area contributed by atoms with Gasteiger partial charge in [0.05, 0.1) is 6.61 Å². The van der Waals surface area contributed by atoms with Gasteiger partial charge in [0.2, 0.25) is 0 Å². The van der Waals surface area contributed by atoms with E-state index in [1.54, 1.807) is 6.20 Å². The topological polar surface area (TPSA) is 72.3 Å². The van der Waals surface area contributed by atoms with E-state index in [-0.39, 0.29) is 36.8 Å². The number of nitrogens with zero attached hydrogens (tertiary/aromatic N) is 4. The Bertz CT molecular complexity index is 960. The molecule has 1 saturated heterocycles. The van der Waals surface area contributed by atoms with Gasteiger partial charge in [-0.2, -0.15) is 0 Å². The van der Waals surface area contributed by atoms with Crippen molar-refractivity contribution in [1.29, 1.82) is 0 Å². The van der Waals surface area contributed by atoms with Crippen molar-refractivity contribution in [3.63, 3.8) is 0 Å². The Hall–Kier alpha value is -2.13. The third-order valence-electron chi connectivity index (χ3n) is 4.80. The Kier molecular flexibility index (Phi) is 8.66. The van der Waals surface area contributed by atoms with Gasteiger partial charge in [-0.25, -0.2) is 9.97 Å². The third kappa shape index (κ3) is 4.95. The molecule has 0 radical (unpaired) electrons. The van der Waals surface area contributed by atoms with Crippen LogP contribution in [0.5, 0.6) is 5.75 Å². The number of aromatic nitrogens is 3. The van der Waals surface area contributed by atoms with Gasteiger partial charge in [0.25, 0.3) is 5.91 Å². The number of ether oxygens (including phenoxy) is 1. The molecule has 2 aromatic heterocycles. The first-order valence-corrected chi connectivity index (χ1v) is 10.2. The lowest BCUT2D eigenvalue weighted by Crippen LogP contribution is -2.49. The van der Waals surface area contributed by atoms with Crippen LogP contribution >= 0.6 is 36.2 Å². The molecule has 0 spiro atoms. The molecule has 1 fully saturated rings. The van der Waals surface area contributed by atoms with Crippen molar-refractivity contribution in [3.8, 4) is 16.3 Å². The number of halogens is 2. The fourth-order valence-corrected chi connectivity index (χ4v) is 4.19. The molecule has 0 saturated carbocycles. The van der Waals surface area contributed by atoms with E-state index < -0.39 is 0 Å². The molecule has 1 aliphatic rings. The lowest BCUT2D eigenvalue weighted by Gasteiger charge is -2.35. The Balaban J connectivity index is 0.00000160. The number of carbonyl (C=O) groups is 1. The number of thiazole rings is 1. The van der Waals surface area contributed by atoms with Gasteiger partial charge in [0.1, 0.15) is 28.3 Å². The average molecular weight is 470 g/mol. The van der Waals surface area contributed by atoms with Crippen LogP contribution in [-0.2, 0) is 7.05 Å². The number of hydrogen-bond donors (Lipinski definition) is 1. The molecule has 1 aromatic carbocycles. The number of imidazole rings is 1. The van der Waals surface area contributed by atoms with Crippen LogP contribution in [0.25, 0.3) is 10.6 Å². The molecule has 3 aromatic rings. The fraction of sp³-hybridized carbons (Fsp3) is 0.350. The van der Waals surface area contributed by atoms with Crippen LogP contribution in [0, 0.1) is 0 Å². The van der Waals surface area contributed by atoms with Gasteiger partial charge < -0.3 is 19.5 Å². The van der Waals surface area contributed by atoms with Crippen LogP contribution in [0.15, 0.2) is 42.0 Å². The van der Waals surface area contributed by atoms with Crippen molar-refractivity contribution in [3.05, 3.63) is 53.6 Å². The molecule has 1 aliphatic heterocycles. The molecule has 1 N–H and O–H groups in total. The van der Waals surface area contributed by atoms with Crippen LogP contribution in [-0.4, -0.2) is 51.6 Å². The van der Waals surface area contributed by atoms with E-state index >= 15 is 0 Å². The van der Waals surface area contributed by atoms with Gasteiger partial charge in [-0.3, -0.25) is 4.79 Å². The molecule has 1 amide bonds. The Labute approximate surface area is 192 Å². The number of carbonyl (C=O) groups excluding carboxylic acids is 1. The highest BCUT2D eigenvalue weighted by molar-refractivity contribution is 7.13. The number of nitrogens with one attached hydrogen (secondary N) is 1. The molecule has 10 heteroatoms. The summed E-state index contributed by atoms with van der Waals surface area (Å²) in [5, 5.41) is 6.02. The summed E-state index contributed by atoms with van der Waals surface area (Å²) >= 11 is 1.48. The van der Waals surface area contributed by atoms with Crippen molar-refractivity contribution < 1.29 is 9.53 Å². The average Bonchev–Trinajstić information content (AvgIpc) is 3.38. The first-order chi connectivity index (χ1) is 13.7. The SMILES string of the molecule is CCOc1ccc(-c2nc(C(=O)N3CCNCC3c3nccn3C)cs2)cc1.Cl.Cl. The highest BCUT2D eigenvalue weighted by Gasteiger charge is 2.32. The van der Waals surface area contributed by atoms with Crippen molar-refractivity contribution in [1.82, 2.24) is 24.8 Å². The minimum atomic E-state index is -0.100. The van der Waals surface area contributed by atoms with Crippen molar-refractivity contribution in [2.75, 3.05) is 26.2 Å². The Morgan fingerprint density at radius 3 is 2.73 bits per heavy atom.